The molecule has 1 rings (SSSR count). The van der Waals surface area contributed by atoms with E-state index in [0.29, 0.717) is 6.54 Å². The molecule has 1 heterocycles. The van der Waals surface area contributed by atoms with Gasteiger partial charge in [0.25, 0.3) is 0 Å². The van der Waals surface area contributed by atoms with Crippen LogP contribution in [0, 0.1) is 12.3 Å². The van der Waals surface area contributed by atoms with Crippen molar-refractivity contribution in [2.75, 3.05) is 27.2 Å². The van der Waals surface area contributed by atoms with E-state index in [2.05, 4.69) is 30.8 Å². The zero-order valence-corrected chi connectivity index (χ0v) is 13.4. The third kappa shape index (κ3) is 6.23. The number of hydrogen-bond donors (Lipinski definition) is 1. The van der Waals surface area contributed by atoms with Crippen LogP contribution in [-0.4, -0.2) is 37.1 Å². The summed E-state index contributed by atoms with van der Waals surface area (Å²) in [6.07, 6.45) is 0. The molecule has 0 saturated heterocycles. The smallest absolute Gasteiger partial charge is 0.122 e. The maximum absolute atomic E-state index is 5.76. The molecule has 0 bridgehead atoms. The van der Waals surface area contributed by atoms with Gasteiger partial charge in [-0.2, -0.15) is 0 Å². The van der Waals surface area contributed by atoms with Crippen LogP contribution in [0.1, 0.15) is 25.2 Å². The molecule has 0 radical (unpaired) electrons. The maximum atomic E-state index is 5.76. The Kier molecular flexibility index (Phi) is 7.34. The van der Waals surface area contributed by atoms with Crippen LogP contribution >= 0.6 is 12.4 Å². The summed E-state index contributed by atoms with van der Waals surface area (Å²) in [6.45, 7) is 8.77. The molecule has 0 atom stereocenters. The summed E-state index contributed by atoms with van der Waals surface area (Å²) >= 11 is 0. The fourth-order valence-corrected chi connectivity index (χ4v) is 2.03. The lowest BCUT2D eigenvalue weighted by Gasteiger charge is -2.28. The first-order valence-electron chi connectivity index (χ1n) is 6.26. The van der Waals surface area contributed by atoms with Crippen molar-refractivity contribution in [3.8, 4) is 5.75 Å². The summed E-state index contributed by atoms with van der Waals surface area (Å²) in [7, 11) is 3.77. The average Bonchev–Trinajstić information content (AvgIpc) is 2.27. The number of nitrogens with zero attached hydrogens (tertiary/aromatic N) is 2. The van der Waals surface area contributed by atoms with Gasteiger partial charge in [0, 0.05) is 30.9 Å². The SMILES string of the molecule is COc1cc(C)nc(CN(C)CC(C)(C)CN)c1.Cl. The molecule has 0 amide bonds. The Balaban J connectivity index is 0.00000324. The van der Waals surface area contributed by atoms with Crippen molar-refractivity contribution in [1.82, 2.24) is 9.88 Å². The molecule has 0 aromatic carbocycles. The van der Waals surface area contributed by atoms with E-state index in [1.165, 1.54) is 0 Å². The number of hydrogen-bond acceptors (Lipinski definition) is 4. The molecule has 5 heteroatoms. The van der Waals surface area contributed by atoms with E-state index in [4.69, 9.17) is 10.5 Å². The summed E-state index contributed by atoms with van der Waals surface area (Å²) in [5, 5.41) is 0. The monoisotopic (exact) mass is 287 g/mol. The summed E-state index contributed by atoms with van der Waals surface area (Å²) in [4.78, 5) is 6.77. The molecule has 0 aliphatic rings. The lowest BCUT2D eigenvalue weighted by molar-refractivity contribution is 0.208. The van der Waals surface area contributed by atoms with Gasteiger partial charge < -0.3 is 10.5 Å². The highest BCUT2D eigenvalue weighted by molar-refractivity contribution is 5.85. The van der Waals surface area contributed by atoms with Crippen molar-refractivity contribution in [3.05, 3.63) is 23.5 Å². The largest absolute Gasteiger partial charge is 0.497 e. The van der Waals surface area contributed by atoms with E-state index in [-0.39, 0.29) is 17.8 Å². The van der Waals surface area contributed by atoms with Crippen molar-refractivity contribution in [1.29, 1.82) is 0 Å². The van der Waals surface area contributed by atoms with Crippen LogP contribution in [0.4, 0.5) is 0 Å². The average molecular weight is 288 g/mol. The quantitative estimate of drug-likeness (QED) is 0.872. The predicted molar refractivity (Wildman–Crippen MR) is 81.9 cm³/mol. The van der Waals surface area contributed by atoms with Gasteiger partial charge >= 0.3 is 0 Å². The summed E-state index contributed by atoms with van der Waals surface area (Å²) in [5.74, 6) is 0.865. The Morgan fingerprint density at radius 3 is 2.53 bits per heavy atom. The fourth-order valence-electron chi connectivity index (χ4n) is 2.03. The highest BCUT2D eigenvalue weighted by atomic mass is 35.5. The molecular formula is C14H26ClN3O. The lowest BCUT2D eigenvalue weighted by Crippen LogP contribution is -2.36. The normalized spacial score (nSPS) is 11.3. The van der Waals surface area contributed by atoms with Crippen molar-refractivity contribution in [2.45, 2.75) is 27.3 Å². The maximum Gasteiger partial charge on any atom is 0.122 e. The number of nitrogens with two attached hydrogens (primary N) is 1. The minimum absolute atomic E-state index is 0. The van der Waals surface area contributed by atoms with Crippen LogP contribution in [0.25, 0.3) is 0 Å². The van der Waals surface area contributed by atoms with Crippen molar-refractivity contribution in [2.24, 2.45) is 11.1 Å². The Morgan fingerprint density at radius 2 is 2.00 bits per heavy atom. The minimum atomic E-state index is 0. The van der Waals surface area contributed by atoms with Gasteiger partial charge in [0.15, 0.2) is 0 Å². The number of methoxy groups -OCH3 is 1. The van der Waals surface area contributed by atoms with Crippen molar-refractivity contribution in [3.63, 3.8) is 0 Å². The molecule has 0 aliphatic heterocycles. The van der Waals surface area contributed by atoms with Crippen molar-refractivity contribution < 1.29 is 4.74 Å². The highest BCUT2D eigenvalue weighted by Gasteiger charge is 2.18. The molecule has 110 valence electrons. The fraction of sp³-hybridized carbons (Fsp3) is 0.643. The standard InChI is InChI=1S/C14H25N3O.ClH/c1-11-6-13(18-5)7-12(16-11)8-17(4)10-14(2,3)9-15;/h6-7H,8-10,15H2,1-5H3;1H. The molecule has 1 aromatic heterocycles. The van der Waals surface area contributed by atoms with Gasteiger partial charge in [0.05, 0.1) is 12.8 Å². The van der Waals surface area contributed by atoms with Gasteiger partial charge in [-0.05, 0) is 25.9 Å². The zero-order chi connectivity index (χ0) is 13.8. The number of ether oxygens (including phenoxy) is 1. The van der Waals surface area contributed by atoms with E-state index in [0.717, 1.165) is 30.2 Å². The number of aryl methyl sites for hydroxylation is 1. The summed E-state index contributed by atoms with van der Waals surface area (Å²) < 4.78 is 5.26. The summed E-state index contributed by atoms with van der Waals surface area (Å²) in [5.41, 5.74) is 7.90. The Hall–Kier alpha value is -0.840. The molecule has 0 spiro atoms. The molecule has 1 aromatic rings. The van der Waals surface area contributed by atoms with Gasteiger partial charge in [0.2, 0.25) is 0 Å². The van der Waals surface area contributed by atoms with Crippen LogP contribution in [0.5, 0.6) is 5.75 Å². The molecule has 2 N–H and O–H groups in total. The Bertz CT molecular complexity index is 396. The van der Waals surface area contributed by atoms with Gasteiger partial charge in [-0.3, -0.25) is 9.88 Å². The molecule has 0 unspecified atom stereocenters. The van der Waals surface area contributed by atoms with Crippen molar-refractivity contribution >= 4 is 12.4 Å². The summed E-state index contributed by atoms with van der Waals surface area (Å²) in [6, 6.07) is 3.92. The first-order chi connectivity index (χ1) is 8.36. The lowest BCUT2D eigenvalue weighted by atomic mass is 9.93. The Morgan fingerprint density at radius 1 is 1.37 bits per heavy atom. The van der Waals surface area contributed by atoms with Crippen LogP contribution < -0.4 is 10.5 Å². The topological polar surface area (TPSA) is 51.4 Å². The molecular weight excluding hydrogens is 262 g/mol. The second-order valence-electron chi connectivity index (χ2n) is 5.68. The van der Waals surface area contributed by atoms with Gasteiger partial charge in [-0.1, -0.05) is 13.8 Å². The molecule has 0 aliphatic carbocycles. The number of halogens is 1. The van der Waals surface area contributed by atoms with E-state index >= 15 is 0 Å². The molecule has 19 heavy (non-hydrogen) atoms. The number of rotatable bonds is 6. The van der Waals surface area contributed by atoms with Gasteiger partial charge in [-0.25, -0.2) is 0 Å². The molecule has 4 nitrogen and oxygen atoms in total. The third-order valence-electron chi connectivity index (χ3n) is 2.90. The second kappa shape index (κ2) is 7.68. The van der Waals surface area contributed by atoms with Crippen LogP contribution in [0.15, 0.2) is 12.1 Å². The van der Waals surface area contributed by atoms with E-state index in [9.17, 15) is 0 Å². The highest BCUT2D eigenvalue weighted by Crippen LogP contribution is 2.17. The van der Waals surface area contributed by atoms with Crippen LogP contribution in [0.2, 0.25) is 0 Å². The number of pyridine rings is 1. The molecule has 0 fully saturated rings. The van der Waals surface area contributed by atoms with Gasteiger partial charge in [0.1, 0.15) is 5.75 Å². The first-order valence-corrected chi connectivity index (χ1v) is 6.26. The molecule has 0 saturated carbocycles. The van der Waals surface area contributed by atoms with Crippen LogP contribution in [0.3, 0.4) is 0 Å². The minimum Gasteiger partial charge on any atom is -0.497 e. The van der Waals surface area contributed by atoms with E-state index in [1.807, 2.05) is 19.1 Å². The van der Waals surface area contributed by atoms with Crippen LogP contribution in [-0.2, 0) is 6.54 Å². The van der Waals surface area contributed by atoms with E-state index in [1.54, 1.807) is 7.11 Å². The third-order valence-corrected chi connectivity index (χ3v) is 2.90. The zero-order valence-electron chi connectivity index (χ0n) is 12.6. The van der Waals surface area contributed by atoms with E-state index < -0.39 is 0 Å². The Labute approximate surface area is 122 Å². The van der Waals surface area contributed by atoms with Gasteiger partial charge in [-0.15, -0.1) is 12.4 Å². The first kappa shape index (κ1) is 18.2. The number of aromatic nitrogens is 1. The predicted octanol–water partition coefficient (Wildman–Crippen LogP) is 2.24. The second-order valence-corrected chi connectivity index (χ2v) is 5.68.